The largest absolute Gasteiger partial charge is 0.487 e. The molecule has 3 nitrogen and oxygen atoms in total. The first-order chi connectivity index (χ1) is 9.61. The van der Waals surface area contributed by atoms with Crippen LogP contribution in [-0.4, -0.2) is 24.2 Å². The van der Waals surface area contributed by atoms with Crippen LogP contribution in [0.15, 0.2) is 30.3 Å². The van der Waals surface area contributed by atoms with E-state index in [1.165, 1.54) is 0 Å². The number of ether oxygens (including phenoxy) is 1. The average molecular weight is 272 g/mol. The Morgan fingerprint density at radius 3 is 2.70 bits per heavy atom. The van der Waals surface area contributed by atoms with Crippen LogP contribution in [0.5, 0.6) is 5.75 Å². The number of rotatable bonds is 6. The van der Waals surface area contributed by atoms with Crippen molar-refractivity contribution >= 4 is 10.9 Å². The van der Waals surface area contributed by atoms with Crippen LogP contribution in [-0.2, 0) is 0 Å². The molecule has 3 heteroatoms. The third kappa shape index (κ3) is 3.48. The number of aryl methyl sites for hydroxylation is 1. The Labute approximate surface area is 121 Å². The zero-order valence-corrected chi connectivity index (χ0v) is 12.8. The number of para-hydroxylation sites is 1. The molecule has 20 heavy (non-hydrogen) atoms. The van der Waals surface area contributed by atoms with Crippen LogP contribution in [0.25, 0.3) is 10.9 Å². The molecule has 0 aliphatic carbocycles. The van der Waals surface area contributed by atoms with Gasteiger partial charge in [-0.15, -0.1) is 0 Å². The number of pyridine rings is 1. The van der Waals surface area contributed by atoms with E-state index in [-0.39, 0.29) is 6.10 Å². The molecule has 1 unspecified atom stereocenters. The van der Waals surface area contributed by atoms with E-state index in [1.807, 2.05) is 25.1 Å². The Morgan fingerprint density at radius 1 is 1.20 bits per heavy atom. The molecule has 0 saturated heterocycles. The Morgan fingerprint density at radius 2 is 2.00 bits per heavy atom. The number of hydrogen-bond acceptors (Lipinski definition) is 3. The van der Waals surface area contributed by atoms with E-state index < -0.39 is 0 Å². The second kappa shape index (κ2) is 6.71. The van der Waals surface area contributed by atoms with Crippen LogP contribution in [0.3, 0.4) is 0 Å². The van der Waals surface area contributed by atoms with Gasteiger partial charge in [-0.25, -0.2) is 4.98 Å². The highest BCUT2D eigenvalue weighted by atomic mass is 16.5. The minimum atomic E-state index is 0.155. The number of hydrogen-bond donors (Lipinski definition) is 1. The third-order valence-corrected chi connectivity index (χ3v) is 3.44. The van der Waals surface area contributed by atoms with Crippen molar-refractivity contribution in [3.63, 3.8) is 0 Å². The molecule has 0 fully saturated rings. The van der Waals surface area contributed by atoms with Crippen molar-refractivity contribution in [3.05, 3.63) is 36.0 Å². The van der Waals surface area contributed by atoms with E-state index in [1.54, 1.807) is 0 Å². The van der Waals surface area contributed by atoms with Crippen LogP contribution in [0.4, 0.5) is 0 Å². The maximum atomic E-state index is 6.22. The van der Waals surface area contributed by atoms with Gasteiger partial charge in [-0.3, -0.25) is 0 Å². The summed E-state index contributed by atoms with van der Waals surface area (Å²) in [6, 6.07) is 10.2. The lowest BCUT2D eigenvalue weighted by Crippen LogP contribution is -2.35. The zero-order valence-electron chi connectivity index (χ0n) is 12.8. The molecule has 0 aliphatic heterocycles. The molecule has 0 aliphatic rings. The van der Waals surface area contributed by atoms with Gasteiger partial charge in [0, 0.05) is 17.6 Å². The Balaban J connectivity index is 2.29. The summed E-state index contributed by atoms with van der Waals surface area (Å²) in [4.78, 5) is 4.62. The maximum Gasteiger partial charge on any atom is 0.146 e. The first-order valence-electron chi connectivity index (χ1n) is 7.35. The minimum Gasteiger partial charge on any atom is -0.487 e. The molecule has 108 valence electrons. The lowest BCUT2D eigenvalue weighted by atomic mass is 10.1. The maximum absolute atomic E-state index is 6.22. The van der Waals surface area contributed by atoms with E-state index in [0.29, 0.717) is 5.92 Å². The van der Waals surface area contributed by atoms with Crippen LogP contribution >= 0.6 is 0 Å². The standard InChI is InChI=1S/C17H24N2O/c1-5-18-11-16(12(2)3)20-15-8-6-7-14-10-9-13(4)19-17(14)15/h6-10,12,16,18H,5,11H2,1-4H3. The zero-order chi connectivity index (χ0) is 14.5. The molecule has 0 radical (unpaired) electrons. The van der Waals surface area contributed by atoms with Crippen molar-refractivity contribution in [2.45, 2.75) is 33.8 Å². The van der Waals surface area contributed by atoms with E-state index in [9.17, 15) is 0 Å². The summed E-state index contributed by atoms with van der Waals surface area (Å²) in [5.41, 5.74) is 1.97. The number of aromatic nitrogens is 1. The molecule has 0 bridgehead atoms. The van der Waals surface area contributed by atoms with Gasteiger partial charge >= 0.3 is 0 Å². The summed E-state index contributed by atoms with van der Waals surface area (Å²) < 4.78 is 6.22. The molecular weight excluding hydrogens is 248 g/mol. The highest BCUT2D eigenvalue weighted by molar-refractivity contribution is 5.84. The van der Waals surface area contributed by atoms with E-state index in [0.717, 1.165) is 35.4 Å². The fourth-order valence-electron chi connectivity index (χ4n) is 2.18. The third-order valence-electron chi connectivity index (χ3n) is 3.44. The molecule has 0 amide bonds. The van der Waals surface area contributed by atoms with Gasteiger partial charge in [0.1, 0.15) is 17.4 Å². The number of fused-ring (bicyclic) bond motifs is 1. The molecular formula is C17H24N2O. The van der Waals surface area contributed by atoms with Gasteiger partial charge in [0.2, 0.25) is 0 Å². The number of benzene rings is 1. The van der Waals surface area contributed by atoms with Gasteiger partial charge in [0.25, 0.3) is 0 Å². The summed E-state index contributed by atoms with van der Waals surface area (Å²) in [6.45, 7) is 10.3. The van der Waals surface area contributed by atoms with Gasteiger partial charge in [0.15, 0.2) is 0 Å². The second-order valence-electron chi connectivity index (χ2n) is 5.49. The van der Waals surface area contributed by atoms with Gasteiger partial charge in [-0.05, 0) is 31.5 Å². The Bertz CT molecular complexity index is 566. The van der Waals surface area contributed by atoms with E-state index in [2.05, 4.69) is 43.2 Å². The van der Waals surface area contributed by atoms with Crippen LogP contribution in [0.2, 0.25) is 0 Å². The summed E-state index contributed by atoms with van der Waals surface area (Å²) in [5, 5.41) is 4.49. The molecule has 0 spiro atoms. The van der Waals surface area contributed by atoms with Crippen molar-refractivity contribution in [2.75, 3.05) is 13.1 Å². The average Bonchev–Trinajstić information content (AvgIpc) is 2.43. The van der Waals surface area contributed by atoms with Crippen molar-refractivity contribution < 1.29 is 4.74 Å². The van der Waals surface area contributed by atoms with Crippen LogP contribution < -0.4 is 10.1 Å². The summed E-state index contributed by atoms with van der Waals surface area (Å²) in [5.74, 6) is 1.33. The van der Waals surface area contributed by atoms with Crippen molar-refractivity contribution in [3.8, 4) is 5.75 Å². The second-order valence-corrected chi connectivity index (χ2v) is 5.49. The fourth-order valence-corrected chi connectivity index (χ4v) is 2.18. The van der Waals surface area contributed by atoms with Crippen molar-refractivity contribution in [1.82, 2.24) is 10.3 Å². The van der Waals surface area contributed by atoms with Crippen LogP contribution in [0.1, 0.15) is 26.5 Å². The molecule has 1 heterocycles. The van der Waals surface area contributed by atoms with Crippen molar-refractivity contribution in [2.24, 2.45) is 5.92 Å². The van der Waals surface area contributed by atoms with Gasteiger partial charge in [-0.2, -0.15) is 0 Å². The monoisotopic (exact) mass is 272 g/mol. The normalized spacial score (nSPS) is 12.8. The van der Waals surface area contributed by atoms with Gasteiger partial charge in [-0.1, -0.05) is 39.0 Å². The van der Waals surface area contributed by atoms with Crippen molar-refractivity contribution in [1.29, 1.82) is 0 Å². The summed E-state index contributed by atoms with van der Waals surface area (Å²) in [6.07, 6.45) is 0.155. The molecule has 0 saturated carbocycles. The molecule has 1 N–H and O–H groups in total. The first kappa shape index (κ1) is 14.8. The summed E-state index contributed by atoms with van der Waals surface area (Å²) in [7, 11) is 0. The number of nitrogens with zero attached hydrogens (tertiary/aromatic N) is 1. The predicted molar refractivity (Wildman–Crippen MR) is 84.3 cm³/mol. The number of nitrogens with one attached hydrogen (secondary N) is 1. The van der Waals surface area contributed by atoms with Gasteiger partial charge < -0.3 is 10.1 Å². The van der Waals surface area contributed by atoms with E-state index >= 15 is 0 Å². The first-order valence-corrected chi connectivity index (χ1v) is 7.35. The summed E-state index contributed by atoms with van der Waals surface area (Å²) >= 11 is 0. The Kier molecular flexibility index (Phi) is 4.96. The molecule has 1 atom stereocenters. The lowest BCUT2D eigenvalue weighted by molar-refractivity contribution is 0.151. The smallest absolute Gasteiger partial charge is 0.146 e. The SMILES string of the molecule is CCNCC(Oc1cccc2ccc(C)nc12)C(C)C. The molecule has 2 aromatic rings. The minimum absolute atomic E-state index is 0.155. The highest BCUT2D eigenvalue weighted by Gasteiger charge is 2.16. The molecule has 1 aromatic heterocycles. The topological polar surface area (TPSA) is 34.1 Å². The van der Waals surface area contributed by atoms with Crippen LogP contribution in [0, 0.1) is 12.8 Å². The highest BCUT2D eigenvalue weighted by Crippen LogP contribution is 2.26. The predicted octanol–water partition coefficient (Wildman–Crippen LogP) is 3.56. The number of likely N-dealkylation sites (N-methyl/N-ethyl adjacent to an activating group) is 1. The quantitative estimate of drug-likeness (QED) is 0.873. The Hall–Kier alpha value is -1.61. The molecule has 2 rings (SSSR count). The van der Waals surface area contributed by atoms with E-state index in [4.69, 9.17) is 4.74 Å². The fraction of sp³-hybridized carbons (Fsp3) is 0.471. The van der Waals surface area contributed by atoms with Gasteiger partial charge in [0.05, 0.1) is 0 Å². The lowest BCUT2D eigenvalue weighted by Gasteiger charge is -2.23. The molecule has 1 aromatic carbocycles.